The van der Waals surface area contributed by atoms with Crippen molar-refractivity contribution in [2.75, 3.05) is 10.7 Å². The van der Waals surface area contributed by atoms with Crippen LogP contribution in [0, 0.1) is 0 Å². The quantitative estimate of drug-likeness (QED) is 0.474. The van der Waals surface area contributed by atoms with E-state index in [2.05, 4.69) is 27.6 Å². The Morgan fingerprint density at radius 2 is 2.38 bits per heavy atom. The van der Waals surface area contributed by atoms with Crippen LogP contribution >= 0.6 is 0 Å². The maximum absolute atomic E-state index is 5.45. The monoisotopic (exact) mass is 286 g/mol. The smallest absolute Gasteiger partial charge is 0.180 e. The van der Waals surface area contributed by atoms with E-state index in [4.69, 9.17) is 10.3 Å². The number of hydrogen-bond donors (Lipinski definition) is 3. The summed E-state index contributed by atoms with van der Waals surface area (Å²) in [6.45, 7) is 2.10. The van der Waals surface area contributed by atoms with Crippen LogP contribution in [-0.4, -0.2) is 20.4 Å². The standard InChI is InChI=1S/C14H18N6O/c1-10(4-5-11-3-2-8-21-11)17-13-14-16-6-7-20(14)9-12(18-13)19-15/h2-3,6-10,19H,4-5,15H2,1H3,(H,17,18). The number of aromatic nitrogens is 3. The van der Waals surface area contributed by atoms with Crippen molar-refractivity contribution in [3.63, 3.8) is 0 Å². The molecule has 0 saturated heterocycles. The van der Waals surface area contributed by atoms with Crippen molar-refractivity contribution in [1.29, 1.82) is 0 Å². The van der Waals surface area contributed by atoms with E-state index in [0.29, 0.717) is 11.6 Å². The Kier molecular flexibility index (Phi) is 3.74. The SMILES string of the molecule is CC(CCc1ccco1)Nc1nc(NN)cn2ccnc12. The summed E-state index contributed by atoms with van der Waals surface area (Å²) in [6.07, 6.45) is 8.89. The molecule has 0 saturated carbocycles. The minimum atomic E-state index is 0.233. The van der Waals surface area contributed by atoms with Gasteiger partial charge in [-0.1, -0.05) is 0 Å². The summed E-state index contributed by atoms with van der Waals surface area (Å²) >= 11 is 0. The van der Waals surface area contributed by atoms with Crippen LogP contribution in [0.5, 0.6) is 0 Å². The first-order valence-corrected chi connectivity index (χ1v) is 6.85. The van der Waals surface area contributed by atoms with Crippen molar-refractivity contribution in [3.8, 4) is 0 Å². The minimum absolute atomic E-state index is 0.233. The number of anilines is 2. The van der Waals surface area contributed by atoms with E-state index in [1.54, 1.807) is 18.7 Å². The Morgan fingerprint density at radius 3 is 3.14 bits per heavy atom. The third kappa shape index (κ3) is 2.97. The molecule has 3 aromatic heterocycles. The van der Waals surface area contributed by atoms with Crippen LogP contribution in [-0.2, 0) is 6.42 Å². The van der Waals surface area contributed by atoms with E-state index in [9.17, 15) is 0 Å². The van der Waals surface area contributed by atoms with Crippen molar-refractivity contribution in [1.82, 2.24) is 14.4 Å². The summed E-state index contributed by atoms with van der Waals surface area (Å²) in [5.74, 6) is 7.73. The van der Waals surface area contributed by atoms with Gasteiger partial charge < -0.3 is 19.6 Å². The molecule has 0 spiro atoms. The first-order valence-electron chi connectivity index (χ1n) is 6.85. The molecule has 0 fully saturated rings. The Hall–Kier alpha value is -2.54. The molecule has 7 heteroatoms. The maximum atomic E-state index is 5.45. The van der Waals surface area contributed by atoms with Gasteiger partial charge in [0, 0.05) is 24.9 Å². The molecule has 3 aromatic rings. The average molecular weight is 286 g/mol. The van der Waals surface area contributed by atoms with Gasteiger partial charge in [-0.15, -0.1) is 0 Å². The van der Waals surface area contributed by atoms with Crippen molar-refractivity contribution < 1.29 is 4.42 Å². The van der Waals surface area contributed by atoms with E-state index in [-0.39, 0.29) is 6.04 Å². The Bertz CT molecular complexity index is 705. The first kappa shape index (κ1) is 13.4. The van der Waals surface area contributed by atoms with Gasteiger partial charge >= 0.3 is 0 Å². The van der Waals surface area contributed by atoms with Gasteiger partial charge in [-0.3, -0.25) is 0 Å². The summed E-state index contributed by atoms with van der Waals surface area (Å²) < 4.78 is 7.22. The number of nitrogens with two attached hydrogens (primary N) is 1. The zero-order valence-corrected chi connectivity index (χ0v) is 11.8. The Balaban J connectivity index is 1.72. The van der Waals surface area contributed by atoms with Gasteiger partial charge in [0.25, 0.3) is 0 Å². The molecule has 4 N–H and O–H groups in total. The van der Waals surface area contributed by atoms with E-state index in [1.165, 1.54) is 0 Å². The van der Waals surface area contributed by atoms with E-state index < -0.39 is 0 Å². The van der Waals surface area contributed by atoms with E-state index in [1.807, 2.05) is 22.7 Å². The molecule has 0 aliphatic heterocycles. The molecular formula is C14H18N6O. The predicted octanol–water partition coefficient (Wildman–Crippen LogP) is 2.04. The van der Waals surface area contributed by atoms with Crippen LogP contribution < -0.4 is 16.6 Å². The number of fused-ring (bicyclic) bond motifs is 1. The lowest BCUT2D eigenvalue weighted by Crippen LogP contribution is -2.19. The van der Waals surface area contributed by atoms with Gasteiger partial charge in [0.15, 0.2) is 17.3 Å². The highest BCUT2D eigenvalue weighted by atomic mass is 16.3. The topological polar surface area (TPSA) is 93.4 Å². The van der Waals surface area contributed by atoms with Crippen molar-refractivity contribution >= 4 is 17.3 Å². The molecule has 0 bridgehead atoms. The number of furan rings is 1. The van der Waals surface area contributed by atoms with Gasteiger partial charge in [0.2, 0.25) is 0 Å². The third-order valence-corrected chi connectivity index (χ3v) is 3.31. The summed E-state index contributed by atoms with van der Waals surface area (Å²) in [7, 11) is 0. The second-order valence-electron chi connectivity index (χ2n) is 4.94. The Morgan fingerprint density at radius 1 is 1.48 bits per heavy atom. The molecule has 21 heavy (non-hydrogen) atoms. The third-order valence-electron chi connectivity index (χ3n) is 3.31. The number of nitrogens with one attached hydrogen (secondary N) is 2. The zero-order chi connectivity index (χ0) is 14.7. The highest BCUT2D eigenvalue weighted by Crippen LogP contribution is 2.18. The first-order chi connectivity index (χ1) is 10.3. The van der Waals surface area contributed by atoms with Gasteiger partial charge in [-0.05, 0) is 25.5 Å². The molecule has 3 rings (SSSR count). The minimum Gasteiger partial charge on any atom is -0.469 e. The van der Waals surface area contributed by atoms with Crippen LogP contribution in [0.25, 0.3) is 5.65 Å². The highest BCUT2D eigenvalue weighted by molar-refractivity contribution is 5.65. The molecule has 3 heterocycles. The normalized spacial score (nSPS) is 12.5. The fraction of sp³-hybridized carbons (Fsp3) is 0.286. The summed E-state index contributed by atoms with van der Waals surface area (Å²) in [5.41, 5.74) is 3.34. The second kappa shape index (κ2) is 5.84. The van der Waals surface area contributed by atoms with Crippen molar-refractivity contribution in [2.24, 2.45) is 5.84 Å². The predicted molar refractivity (Wildman–Crippen MR) is 80.9 cm³/mol. The number of aryl methyl sites for hydroxylation is 1. The number of rotatable bonds is 6. The highest BCUT2D eigenvalue weighted by Gasteiger charge is 2.10. The lowest BCUT2D eigenvalue weighted by atomic mass is 10.1. The molecule has 0 radical (unpaired) electrons. The fourth-order valence-electron chi connectivity index (χ4n) is 2.22. The lowest BCUT2D eigenvalue weighted by Gasteiger charge is -2.15. The summed E-state index contributed by atoms with van der Waals surface area (Å²) in [5, 5.41) is 3.38. The zero-order valence-electron chi connectivity index (χ0n) is 11.8. The number of nitrogen functional groups attached to an aromatic ring is 1. The summed E-state index contributed by atoms with van der Waals surface area (Å²) in [6, 6.07) is 4.12. The van der Waals surface area contributed by atoms with Gasteiger partial charge in [-0.2, -0.15) is 0 Å². The molecule has 0 aliphatic carbocycles. The van der Waals surface area contributed by atoms with Crippen LogP contribution in [0.2, 0.25) is 0 Å². The summed E-state index contributed by atoms with van der Waals surface area (Å²) in [4.78, 5) is 8.73. The molecule has 7 nitrogen and oxygen atoms in total. The molecule has 110 valence electrons. The van der Waals surface area contributed by atoms with Gasteiger partial charge in [0.1, 0.15) is 5.76 Å². The van der Waals surface area contributed by atoms with Crippen LogP contribution in [0.1, 0.15) is 19.1 Å². The lowest BCUT2D eigenvalue weighted by molar-refractivity contribution is 0.495. The maximum Gasteiger partial charge on any atom is 0.180 e. The van der Waals surface area contributed by atoms with Crippen LogP contribution in [0.3, 0.4) is 0 Å². The van der Waals surface area contributed by atoms with E-state index in [0.717, 1.165) is 24.2 Å². The van der Waals surface area contributed by atoms with Crippen LogP contribution in [0.4, 0.5) is 11.6 Å². The Labute approximate surface area is 122 Å². The fourth-order valence-corrected chi connectivity index (χ4v) is 2.22. The van der Waals surface area contributed by atoms with Gasteiger partial charge in [0.05, 0.1) is 12.5 Å². The van der Waals surface area contributed by atoms with Gasteiger partial charge in [-0.25, -0.2) is 15.8 Å². The van der Waals surface area contributed by atoms with Crippen molar-refractivity contribution in [3.05, 3.63) is 42.7 Å². The molecule has 1 atom stereocenters. The average Bonchev–Trinajstić information content (AvgIpc) is 3.16. The molecule has 1 unspecified atom stereocenters. The molecule has 0 amide bonds. The number of nitrogens with zero attached hydrogens (tertiary/aromatic N) is 3. The van der Waals surface area contributed by atoms with Crippen LogP contribution in [0.15, 0.2) is 41.4 Å². The second-order valence-corrected chi connectivity index (χ2v) is 4.94. The number of hydrogen-bond acceptors (Lipinski definition) is 6. The largest absolute Gasteiger partial charge is 0.469 e. The molecular weight excluding hydrogens is 268 g/mol. The van der Waals surface area contributed by atoms with E-state index >= 15 is 0 Å². The number of imidazole rings is 1. The van der Waals surface area contributed by atoms with Crippen molar-refractivity contribution in [2.45, 2.75) is 25.8 Å². The number of hydrazine groups is 1. The molecule has 0 aliphatic rings. The molecule has 0 aromatic carbocycles.